The molecule has 1 N–H and O–H groups in total. The van der Waals surface area contributed by atoms with Gasteiger partial charge in [-0.15, -0.1) is 0 Å². The number of carbonyl (C=O) groups excluding carboxylic acids is 1. The van der Waals surface area contributed by atoms with Crippen LogP contribution in [-0.2, 0) is 4.74 Å². The van der Waals surface area contributed by atoms with Crippen LogP contribution in [0.15, 0.2) is 29.1 Å². The minimum atomic E-state index is -0.496. The fourth-order valence-corrected chi connectivity index (χ4v) is 2.90. The van der Waals surface area contributed by atoms with Gasteiger partial charge in [0.2, 0.25) is 0 Å². The van der Waals surface area contributed by atoms with E-state index in [0.717, 1.165) is 29.8 Å². The predicted molar refractivity (Wildman–Crippen MR) is 102 cm³/mol. The van der Waals surface area contributed by atoms with Gasteiger partial charge in [-0.2, -0.15) is 0 Å². The quantitative estimate of drug-likeness (QED) is 0.712. The summed E-state index contributed by atoms with van der Waals surface area (Å²) in [7, 11) is 0. The highest BCUT2D eigenvalue weighted by molar-refractivity contribution is 5.71. The lowest BCUT2D eigenvalue weighted by molar-refractivity contribution is 0.0527. The molecular formula is C19H24N4O3. The van der Waals surface area contributed by atoms with Crippen LogP contribution in [0.3, 0.4) is 0 Å². The van der Waals surface area contributed by atoms with Crippen LogP contribution in [0.25, 0.3) is 23.0 Å². The molecule has 3 rings (SSSR count). The van der Waals surface area contributed by atoms with Gasteiger partial charge < -0.3 is 10.1 Å². The lowest BCUT2D eigenvalue weighted by atomic mass is 10.2. The Morgan fingerprint density at radius 1 is 1.35 bits per heavy atom. The van der Waals surface area contributed by atoms with Gasteiger partial charge in [-0.3, -0.25) is 13.8 Å². The fourth-order valence-electron chi connectivity index (χ4n) is 2.90. The molecule has 3 aromatic rings. The van der Waals surface area contributed by atoms with E-state index in [0.29, 0.717) is 12.1 Å². The molecule has 0 aliphatic rings. The van der Waals surface area contributed by atoms with E-state index in [-0.39, 0.29) is 5.56 Å². The Morgan fingerprint density at radius 3 is 2.85 bits per heavy atom. The van der Waals surface area contributed by atoms with Crippen molar-refractivity contribution in [3.63, 3.8) is 0 Å². The molecule has 26 heavy (non-hydrogen) atoms. The van der Waals surface area contributed by atoms with Crippen molar-refractivity contribution < 1.29 is 9.53 Å². The van der Waals surface area contributed by atoms with Crippen LogP contribution in [0.1, 0.15) is 39.3 Å². The second-order valence-electron chi connectivity index (χ2n) is 7.26. The molecular weight excluding hydrogens is 332 g/mol. The highest BCUT2D eigenvalue weighted by Gasteiger charge is 2.16. The zero-order valence-corrected chi connectivity index (χ0v) is 15.6. The van der Waals surface area contributed by atoms with Crippen LogP contribution >= 0.6 is 0 Å². The maximum atomic E-state index is 12.6. The largest absolute Gasteiger partial charge is 0.444 e. The van der Waals surface area contributed by atoms with Gasteiger partial charge in [0.25, 0.3) is 5.56 Å². The Labute approximate surface area is 151 Å². The number of aromatic nitrogens is 3. The number of amides is 1. The SMILES string of the molecule is Cc1nc2cccc3c(=O)n(/C=C/CCCNC(=O)OC(C)(C)C)c1n23. The first kappa shape index (κ1) is 18.0. The summed E-state index contributed by atoms with van der Waals surface area (Å²) in [6.45, 7) is 7.90. The topological polar surface area (TPSA) is 77.6 Å². The molecule has 0 saturated heterocycles. The van der Waals surface area contributed by atoms with E-state index in [4.69, 9.17) is 4.74 Å². The number of pyridine rings is 1. The Hall–Kier alpha value is -2.83. The van der Waals surface area contributed by atoms with Gasteiger partial charge in [0, 0.05) is 12.7 Å². The van der Waals surface area contributed by atoms with Crippen molar-refractivity contribution >= 4 is 29.1 Å². The van der Waals surface area contributed by atoms with E-state index in [1.807, 2.05) is 50.3 Å². The molecule has 7 nitrogen and oxygen atoms in total. The summed E-state index contributed by atoms with van der Waals surface area (Å²) >= 11 is 0. The van der Waals surface area contributed by atoms with E-state index < -0.39 is 11.7 Å². The zero-order chi connectivity index (χ0) is 18.9. The van der Waals surface area contributed by atoms with Gasteiger partial charge in [0.15, 0.2) is 0 Å². The van der Waals surface area contributed by atoms with Gasteiger partial charge in [-0.05, 0) is 52.7 Å². The molecule has 0 atom stereocenters. The number of aryl methyl sites for hydroxylation is 1. The summed E-state index contributed by atoms with van der Waals surface area (Å²) in [5.41, 5.74) is 2.46. The average molecular weight is 356 g/mol. The van der Waals surface area contributed by atoms with Crippen molar-refractivity contribution in [3.8, 4) is 0 Å². The first-order valence-corrected chi connectivity index (χ1v) is 8.73. The molecule has 0 saturated carbocycles. The van der Waals surface area contributed by atoms with Gasteiger partial charge in [0.1, 0.15) is 22.4 Å². The molecule has 0 unspecified atom stereocenters. The molecule has 0 aliphatic carbocycles. The van der Waals surface area contributed by atoms with Crippen LogP contribution in [0.5, 0.6) is 0 Å². The van der Waals surface area contributed by atoms with Crippen LogP contribution in [-0.4, -0.2) is 32.2 Å². The third kappa shape index (κ3) is 3.56. The number of hydrogen-bond acceptors (Lipinski definition) is 4. The normalized spacial score (nSPS) is 12.5. The molecule has 3 aromatic heterocycles. The summed E-state index contributed by atoms with van der Waals surface area (Å²) in [6, 6.07) is 5.54. The maximum absolute atomic E-state index is 12.6. The molecule has 0 aliphatic heterocycles. The van der Waals surface area contributed by atoms with Gasteiger partial charge in [0.05, 0.1) is 5.69 Å². The number of unbranched alkanes of at least 4 members (excludes halogenated alkanes) is 1. The minimum absolute atomic E-state index is 0.0563. The first-order chi connectivity index (χ1) is 12.3. The first-order valence-electron chi connectivity index (χ1n) is 8.73. The average Bonchev–Trinajstić information content (AvgIpc) is 3.02. The van der Waals surface area contributed by atoms with E-state index in [2.05, 4.69) is 10.3 Å². The fraction of sp³-hybridized carbons (Fsp3) is 0.421. The number of hydrogen-bond donors (Lipinski definition) is 1. The number of ether oxygens (including phenoxy) is 1. The molecule has 3 heterocycles. The number of carbonyl (C=O) groups is 1. The minimum Gasteiger partial charge on any atom is -0.444 e. The summed E-state index contributed by atoms with van der Waals surface area (Å²) in [4.78, 5) is 28.6. The Balaban J connectivity index is 1.62. The zero-order valence-electron chi connectivity index (χ0n) is 15.6. The van der Waals surface area contributed by atoms with Crippen molar-refractivity contribution in [2.45, 2.75) is 46.1 Å². The van der Waals surface area contributed by atoms with Crippen LogP contribution in [0, 0.1) is 6.92 Å². The summed E-state index contributed by atoms with van der Waals surface area (Å²) < 4.78 is 8.69. The maximum Gasteiger partial charge on any atom is 0.407 e. The number of rotatable bonds is 5. The number of nitrogens with zero attached hydrogens (tertiary/aromatic N) is 3. The highest BCUT2D eigenvalue weighted by atomic mass is 16.6. The Bertz CT molecular complexity index is 1010. The van der Waals surface area contributed by atoms with Crippen LogP contribution in [0.4, 0.5) is 4.79 Å². The van der Waals surface area contributed by atoms with Crippen LogP contribution < -0.4 is 10.9 Å². The van der Waals surface area contributed by atoms with Crippen LogP contribution in [0.2, 0.25) is 0 Å². The monoisotopic (exact) mass is 356 g/mol. The molecule has 0 fully saturated rings. The summed E-state index contributed by atoms with van der Waals surface area (Å²) in [6.07, 6.45) is 4.79. The summed E-state index contributed by atoms with van der Waals surface area (Å²) in [5.74, 6) is 0. The van der Waals surface area contributed by atoms with Crippen molar-refractivity contribution in [2.75, 3.05) is 6.54 Å². The number of nitrogens with one attached hydrogen (secondary N) is 1. The molecule has 0 bridgehead atoms. The Morgan fingerprint density at radius 2 is 2.12 bits per heavy atom. The molecule has 0 radical (unpaired) electrons. The standard InChI is InChI=1S/C19H24N4O3/c1-13-16-22(17(24)14-9-8-10-15(21-13)23(14)16)12-7-5-6-11-20-18(25)26-19(2,3)4/h7-10,12H,5-6,11H2,1-4H3,(H,20,25)/b12-7+. The molecule has 7 heteroatoms. The second kappa shape index (κ2) is 6.82. The van der Waals surface area contributed by atoms with Gasteiger partial charge in [-0.1, -0.05) is 12.1 Å². The predicted octanol–water partition coefficient (Wildman–Crippen LogP) is 3.17. The summed E-state index contributed by atoms with van der Waals surface area (Å²) in [5, 5.41) is 2.72. The number of allylic oxidation sites excluding steroid dienone is 1. The smallest absolute Gasteiger partial charge is 0.407 e. The van der Waals surface area contributed by atoms with E-state index in [9.17, 15) is 9.59 Å². The van der Waals surface area contributed by atoms with Crippen molar-refractivity contribution in [1.82, 2.24) is 19.3 Å². The highest BCUT2D eigenvalue weighted by Crippen LogP contribution is 2.18. The lowest BCUT2D eigenvalue weighted by Gasteiger charge is -2.19. The van der Waals surface area contributed by atoms with E-state index in [1.165, 1.54) is 0 Å². The van der Waals surface area contributed by atoms with Crippen molar-refractivity contribution in [3.05, 3.63) is 40.3 Å². The third-order valence-corrected chi connectivity index (χ3v) is 3.92. The number of imidazole rings is 2. The van der Waals surface area contributed by atoms with Crippen molar-refractivity contribution in [2.24, 2.45) is 0 Å². The number of alkyl carbamates (subject to hydrolysis) is 1. The van der Waals surface area contributed by atoms with Gasteiger partial charge >= 0.3 is 6.09 Å². The second-order valence-corrected chi connectivity index (χ2v) is 7.26. The lowest BCUT2D eigenvalue weighted by Crippen LogP contribution is -2.32. The molecule has 0 aromatic carbocycles. The third-order valence-electron chi connectivity index (χ3n) is 3.92. The van der Waals surface area contributed by atoms with Crippen molar-refractivity contribution in [1.29, 1.82) is 0 Å². The van der Waals surface area contributed by atoms with E-state index in [1.54, 1.807) is 16.8 Å². The van der Waals surface area contributed by atoms with E-state index >= 15 is 0 Å². The molecule has 0 spiro atoms. The molecule has 1 amide bonds. The van der Waals surface area contributed by atoms with Gasteiger partial charge in [-0.25, -0.2) is 9.78 Å². The molecule has 138 valence electrons. The Kier molecular flexibility index (Phi) is 4.71.